The van der Waals surface area contributed by atoms with Gasteiger partial charge in [-0.15, -0.1) is 0 Å². The highest BCUT2D eigenvalue weighted by atomic mass is 35.5. The van der Waals surface area contributed by atoms with E-state index >= 15 is 0 Å². The fourth-order valence-corrected chi connectivity index (χ4v) is 3.33. The van der Waals surface area contributed by atoms with Crippen molar-refractivity contribution >= 4 is 52.5 Å². The van der Waals surface area contributed by atoms with Crippen molar-refractivity contribution in [1.29, 1.82) is 5.26 Å². The summed E-state index contributed by atoms with van der Waals surface area (Å²) in [6.45, 7) is 2.16. The first-order valence-electron chi connectivity index (χ1n) is 9.22. The van der Waals surface area contributed by atoms with E-state index in [2.05, 4.69) is 5.32 Å². The van der Waals surface area contributed by atoms with E-state index in [1.54, 1.807) is 48.5 Å². The molecule has 0 aromatic heterocycles. The van der Waals surface area contributed by atoms with Gasteiger partial charge in [-0.1, -0.05) is 65.1 Å². The van der Waals surface area contributed by atoms with Crippen molar-refractivity contribution < 1.29 is 9.53 Å². The Labute approximate surface area is 195 Å². The number of nitrogens with zero attached hydrogens (tertiary/aromatic N) is 1. The Hall–Kier alpha value is -2.97. The van der Waals surface area contributed by atoms with Crippen LogP contribution in [0.2, 0.25) is 15.1 Å². The first kappa shape index (κ1) is 22.7. The van der Waals surface area contributed by atoms with E-state index in [9.17, 15) is 10.1 Å². The maximum absolute atomic E-state index is 12.5. The second kappa shape index (κ2) is 10.4. The third-order valence-electron chi connectivity index (χ3n) is 4.41. The van der Waals surface area contributed by atoms with Crippen LogP contribution in [0.3, 0.4) is 0 Å². The van der Waals surface area contributed by atoms with Gasteiger partial charge in [-0.05, 0) is 60.0 Å². The summed E-state index contributed by atoms with van der Waals surface area (Å²) in [6.07, 6.45) is 1.50. The number of amides is 1. The second-order valence-corrected chi connectivity index (χ2v) is 7.88. The number of carbonyl (C=O) groups excluding carboxylic acids is 1. The number of nitrogens with one attached hydrogen (secondary N) is 1. The molecule has 0 saturated heterocycles. The molecule has 0 bridgehead atoms. The molecule has 7 heteroatoms. The van der Waals surface area contributed by atoms with Crippen molar-refractivity contribution in [3.05, 3.63) is 98.0 Å². The third-order valence-corrected chi connectivity index (χ3v) is 5.46. The lowest BCUT2D eigenvalue weighted by Gasteiger charge is -2.10. The minimum Gasteiger partial charge on any atom is -0.489 e. The number of rotatable bonds is 6. The van der Waals surface area contributed by atoms with Crippen LogP contribution < -0.4 is 10.1 Å². The van der Waals surface area contributed by atoms with Gasteiger partial charge in [-0.3, -0.25) is 4.79 Å². The highest BCUT2D eigenvalue weighted by Crippen LogP contribution is 2.26. The molecule has 4 nitrogen and oxygen atoms in total. The second-order valence-electron chi connectivity index (χ2n) is 6.66. The highest BCUT2D eigenvalue weighted by Gasteiger charge is 2.13. The summed E-state index contributed by atoms with van der Waals surface area (Å²) in [7, 11) is 0. The Bertz CT molecular complexity index is 1160. The zero-order valence-electron chi connectivity index (χ0n) is 16.5. The van der Waals surface area contributed by atoms with Gasteiger partial charge < -0.3 is 10.1 Å². The van der Waals surface area contributed by atoms with E-state index in [0.717, 1.165) is 11.1 Å². The van der Waals surface area contributed by atoms with Gasteiger partial charge in [-0.25, -0.2) is 0 Å². The summed E-state index contributed by atoms with van der Waals surface area (Å²) in [5.74, 6) is 0.108. The molecular weight excluding hydrogens is 455 g/mol. The number of anilines is 1. The van der Waals surface area contributed by atoms with Crippen LogP contribution >= 0.6 is 34.8 Å². The van der Waals surface area contributed by atoms with Crippen LogP contribution in [-0.4, -0.2) is 5.91 Å². The topological polar surface area (TPSA) is 62.1 Å². The number of ether oxygens (including phenoxy) is 1. The molecular formula is C24H17Cl3N2O2. The molecule has 3 aromatic rings. The van der Waals surface area contributed by atoms with E-state index in [1.807, 2.05) is 25.1 Å². The number of hydrogen-bond donors (Lipinski definition) is 1. The molecule has 0 aliphatic heterocycles. The quantitative estimate of drug-likeness (QED) is 0.308. The lowest BCUT2D eigenvalue weighted by atomic mass is 10.1. The van der Waals surface area contributed by atoms with Crippen molar-refractivity contribution in [1.82, 2.24) is 0 Å². The average Bonchev–Trinajstić information content (AvgIpc) is 2.76. The fraction of sp³-hybridized carbons (Fsp3) is 0.0833. The van der Waals surface area contributed by atoms with Crippen LogP contribution in [0.15, 0.2) is 66.2 Å². The zero-order valence-corrected chi connectivity index (χ0v) is 18.7. The fourth-order valence-electron chi connectivity index (χ4n) is 2.74. The minimum absolute atomic E-state index is 0.0382. The van der Waals surface area contributed by atoms with Crippen molar-refractivity contribution in [2.75, 3.05) is 5.32 Å². The van der Waals surface area contributed by atoms with Gasteiger partial charge >= 0.3 is 0 Å². The number of halogens is 3. The van der Waals surface area contributed by atoms with Crippen LogP contribution in [0, 0.1) is 18.3 Å². The molecule has 156 valence electrons. The number of para-hydroxylation sites is 1. The van der Waals surface area contributed by atoms with Crippen molar-refractivity contribution in [3.63, 3.8) is 0 Å². The third kappa shape index (κ3) is 6.02. The zero-order chi connectivity index (χ0) is 22.4. The number of nitriles is 1. The Morgan fingerprint density at radius 1 is 1.03 bits per heavy atom. The summed E-state index contributed by atoms with van der Waals surface area (Å²) in [4.78, 5) is 12.5. The van der Waals surface area contributed by atoms with Gasteiger partial charge in [0.1, 0.15) is 24.0 Å². The molecule has 0 heterocycles. The molecule has 0 fully saturated rings. The Morgan fingerprint density at radius 2 is 1.77 bits per heavy atom. The molecule has 0 atom stereocenters. The smallest absolute Gasteiger partial charge is 0.266 e. The summed E-state index contributed by atoms with van der Waals surface area (Å²) in [6, 6.07) is 19.6. The minimum atomic E-state index is -0.529. The molecule has 1 N–H and O–H groups in total. The summed E-state index contributed by atoms with van der Waals surface area (Å²) >= 11 is 18.1. The number of benzene rings is 3. The van der Waals surface area contributed by atoms with Crippen LogP contribution in [0.1, 0.15) is 16.7 Å². The van der Waals surface area contributed by atoms with Gasteiger partial charge in [0.05, 0.1) is 20.8 Å². The van der Waals surface area contributed by atoms with Crippen LogP contribution in [0.5, 0.6) is 5.75 Å². The monoisotopic (exact) mass is 470 g/mol. The molecule has 31 heavy (non-hydrogen) atoms. The Morgan fingerprint density at radius 3 is 2.42 bits per heavy atom. The molecule has 3 aromatic carbocycles. The predicted octanol–water partition coefficient (Wildman–Crippen LogP) is 7.08. The maximum Gasteiger partial charge on any atom is 0.266 e. The molecule has 0 aliphatic carbocycles. The van der Waals surface area contributed by atoms with Gasteiger partial charge in [0.2, 0.25) is 0 Å². The van der Waals surface area contributed by atoms with Gasteiger partial charge in [0.15, 0.2) is 0 Å². The van der Waals surface area contributed by atoms with E-state index in [4.69, 9.17) is 39.5 Å². The first-order chi connectivity index (χ1) is 14.9. The number of carbonyl (C=O) groups is 1. The molecule has 0 unspecified atom stereocenters. The molecule has 3 rings (SSSR count). The van der Waals surface area contributed by atoms with Gasteiger partial charge in [0.25, 0.3) is 5.91 Å². The Kier molecular flexibility index (Phi) is 7.59. The van der Waals surface area contributed by atoms with Crippen molar-refractivity contribution in [2.24, 2.45) is 0 Å². The lowest BCUT2D eigenvalue weighted by Crippen LogP contribution is -2.14. The summed E-state index contributed by atoms with van der Waals surface area (Å²) < 4.78 is 5.74. The average molecular weight is 472 g/mol. The van der Waals surface area contributed by atoms with E-state index in [0.29, 0.717) is 38.7 Å². The van der Waals surface area contributed by atoms with Crippen molar-refractivity contribution in [3.8, 4) is 11.8 Å². The number of aryl methyl sites for hydroxylation is 1. The normalized spacial score (nSPS) is 11.0. The molecule has 0 saturated carbocycles. The lowest BCUT2D eigenvalue weighted by molar-refractivity contribution is -0.112. The molecule has 0 radical (unpaired) electrons. The van der Waals surface area contributed by atoms with Crippen LogP contribution in [0.25, 0.3) is 6.08 Å². The maximum atomic E-state index is 12.5. The molecule has 0 spiro atoms. The number of hydrogen-bond acceptors (Lipinski definition) is 3. The predicted molar refractivity (Wildman–Crippen MR) is 126 cm³/mol. The summed E-state index contributed by atoms with van der Waals surface area (Å²) in [5, 5.41) is 13.5. The molecule has 1 amide bonds. The standard InChI is InChI=1S/C24H17Cl3N2O2/c1-15-3-2-4-21(26)23(15)29-24(30)18(13-28)11-16-5-8-19(9-6-16)31-14-17-7-10-20(25)22(27)12-17/h2-12H,14H2,1H3,(H,29,30)/b18-11+. The van der Waals surface area contributed by atoms with Gasteiger partial charge in [0, 0.05) is 0 Å². The Balaban J connectivity index is 1.68. The van der Waals surface area contributed by atoms with Crippen LogP contribution in [0.4, 0.5) is 5.69 Å². The SMILES string of the molecule is Cc1cccc(Cl)c1NC(=O)/C(C#N)=C/c1ccc(OCc2ccc(Cl)c(Cl)c2)cc1. The van der Waals surface area contributed by atoms with Gasteiger partial charge in [-0.2, -0.15) is 5.26 Å². The van der Waals surface area contributed by atoms with E-state index < -0.39 is 5.91 Å². The van der Waals surface area contributed by atoms with E-state index in [-0.39, 0.29) is 5.57 Å². The largest absolute Gasteiger partial charge is 0.489 e. The highest BCUT2D eigenvalue weighted by molar-refractivity contribution is 6.42. The first-order valence-corrected chi connectivity index (χ1v) is 10.4. The molecule has 0 aliphatic rings. The van der Waals surface area contributed by atoms with Crippen LogP contribution in [-0.2, 0) is 11.4 Å². The van der Waals surface area contributed by atoms with E-state index in [1.165, 1.54) is 6.08 Å². The van der Waals surface area contributed by atoms with Crippen molar-refractivity contribution in [2.45, 2.75) is 13.5 Å². The summed E-state index contributed by atoms with van der Waals surface area (Å²) in [5.41, 5.74) is 2.83.